The van der Waals surface area contributed by atoms with E-state index < -0.39 is 0 Å². The topological polar surface area (TPSA) is 50.8 Å². The lowest BCUT2D eigenvalue weighted by molar-refractivity contribution is -0.116. The Morgan fingerprint density at radius 3 is 2.32 bits per heavy atom. The Bertz CT molecular complexity index is 766. The number of hydrogen-bond donors (Lipinski definition) is 1. The van der Waals surface area contributed by atoms with Gasteiger partial charge in [0.15, 0.2) is 11.5 Å². The van der Waals surface area contributed by atoms with Crippen molar-refractivity contribution in [3.8, 4) is 11.5 Å². The van der Waals surface area contributed by atoms with Gasteiger partial charge in [0.25, 0.3) is 0 Å². The molecule has 0 spiro atoms. The molecule has 1 N–H and O–H groups in total. The summed E-state index contributed by atoms with van der Waals surface area (Å²) in [6.45, 7) is 2.24. The summed E-state index contributed by atoms with van der Waals surface area (Å²) in [7, 11) is 3.23. The second kappa shape index (κ2) is 10.0. The molecule has 0 radical (unpaired) electrons. The summed E-state index contributed by atoms with van der Waals surface area (Å²) in [5, 5.41) is 2.99. The summed E-state index contributed by atoms with van der Waals surface area (Å²) in [6, 6.07) is 13.9. The number of para-hydroxylation sites is 1. The zero-order valence-corrected chi connectivity index (χ0v) is 16.9. The van der Waals surface area contributed by atoms with Crippen molar-refractivity contribution in [2.45, 2.75) is 38.5 Å². The number of rotatable bonds is 7. The van der Waals surface area contributed by atoms with Gasteiger partial charge >= 0.3 is 0 Å². The first kappa shape index (κ1) is 20.1. The number of methoxy groups -OCH3 is 2. The van der Waals surface area contributed by atoms with Crippen LogP contribution in [0.15, 0.2) is 42.5 Å². The van der Waals surface area contributed by atoms with Crippen LogP contribution in [0, 0.1) is 0 Å². The van der Waals surface area contributed by atoms with Crippen LogP contribution in [0.4, 0.5) is 11.4 Å². The molecule has 0 aromatic heterocycles. The molecular weight excluding hydrogens is 352 g/mol. The van der Waals surface area contributed by atoms with E-state index in [0.29, 0.717) is 24.3 Å². The molecule has 0 atom stereocenters. The Morgan fingerprint density at radius 2 is 1.68 bits per heavy atom. The minimum atomic E-state index is -0.00704. The fourth-order valence-corrected chi connectivity index (χ4v) is 3.71. The molecule has 0 bridgehead atoms. The maximum atomic E-state index is 12.4. The third-order valence-electron chi connectivity index (χ3n) is 5.23. The number of anilines is 2. The molecule has 1 aliphatic rings. The van der Waals surface area contributed by atoms with Crippen molar-refractivity contribution >= 4 is 17.3 Å². The van der Waals surface area contributed by atoms with Crippen LogP contribution in [-0.2, 0) is 11.2 Å². The van der Waals surface area contributed by atoms with Crippen LogP contribution in [0.1, 0.15) is 37.7 Å². The van der Waals surface area contributed by atoms with Crippen LogP contribution in [-0.4, -0.2) is 33.2 Å². The van der Waals surface area contributed by atoms with E-state index in [4.69, 9.17) is 9.47 Å². The first-order valence-corrected chi connectivity index (χ1v) is 10.1. The third-order valence-corrected chi connectivity index (χ3v) is 5.23. The minimum absolute atomic E-state index is 0.00704. The summed E-state index contributed by atoms with van der Waals surface area (Å²) in [5.41, 5.74) is 3.04. The molecule has 1 saturated heterocycles. The SMILES string of the molecule is COc1cccc(CCC(=O)Nc2ccc(N3CCCCCC3)cc2)c1OC. The molecule has 5 nitrogen and oxygen atoms in total. The Morgan fingerprint density at radius 1 is 0.964 bits per heavy atom. The van der Waals surface area contributed by atoms with E-state index in [1.807, 2.05) is 30.3 Å². The van der Waals surface area contributed by atoms with Gasteiger partial charge in [-0.1, -0.05) is 25.0 Å². The number of nitrogens with zero attached hydrogens (tertiary/aromatic N) is 1. The van der Waals surface area contributed by atoms with Crippen molar-refractivity contribution in [3.63, 3.8) is 0 Å². The van der Waals surface area contributed by atoms with E-state index in [9.17, 15) is 4.79 Å². The van der Waals surface area contributed by atoms with Crippen molar-refractivity contribution in [1.29, 1.82) is 0 Å². The van der Waals surface area contributed by atoms with Gasteiger partial charge in [-0.25, -0.2) is 0 Å². The number of amides is 1. The summed E-state index contributed by atoms with van der Waals surface area (Å²) in [6.07, 6.45) is 6.14. The van der Waals surface area contributed by atoms with Gasteiger partial charge in [-0.3, -0.25) is 4.79 Å². The van der Waals surface area contributed by atoms with E-state index >= 15 is 0 Å². The molecule has 2 aromatic carbocycles. The van der Waals surface area contributed by atoms with Gasteiger partial charge in [-0.05, 0) is 55.2 Å². The second-order valence-electron chi connectivity index (χ2n) is 7.15. The lowest BCUT2D eigenvalue weighted by Gasteiger charge is -2.22. The molecule has 3 rings (SSSR count). The Kier molecular flexibility index (Phi) is 7.18. The van der Waals surface area contributed by atoms with E-state index in [-0.39, 0.29) is 5.91 Å². The normalized spacial score (nSPS) is 14.3. The second-order valence-corrected chi connectivity index (χ2v) is 7.15. The van der Waals surface area contributed by atoms with Gasteiger partial charge in [-0.2, -0.15) is 0 Å². The maximum Gasteiger partial charge on any atom is 0.224 e. The summed E-state index contributed by atoms with van der Waals surface area (Å²) >= 11 is 0. The van der Waals surface area contributed by atoms with Crippen LogP contribution in [0.5, 0.6) is 11.5 Å². The monoisotopic (exact) mass is 382 g/mol. The van der Waals surface area contributed by atoms with Gasteiger partial charge in [0, 0.05) is 30.9 Å². The van der Waals surface area contributed by atoms with Gasteiger partial charge < -0.3 is 19.7 Å². The van der Waals surface area contributed by atoms with Crippen molar-refractivity contribution in [1.82, 2.24) is 0 Å². The fraction of sp³-hybridized carbons (Fsp3) is 0.435. The lowest BCUT2D eigenvalue weighted by atomic mass is 10.1. The molecule has 0 aliphatic carbocycles. The zero-order chi connectivity index (χ0) is 19.8. The molecular formula is C23H30N2O3. The average Bonchev–Trinajstić information content (AvgIpc) is 3.02. The zero-order valence-electron chi connectivity index (χ0n) is 16.9. The average molecular weight is 383 g/mol. The van der Waals surface area contributed by atoms with Crippen LogP contribution in [0.25, 0.3) is 0 Å². The molecule has 0 saturated carbocycles. The third kappa shape index (κ3) is 5.18. The first-order chi connectivity index (χ1) is 13.7. The molecule has 28 heavy (non-hydrogen) atoms. The number of ether oxygens (including phenoxy) is 2. The van der Waals surface area contributed by atoms with Gasteiger partial charge in [0.2, 0.25) is 5.91 Å². The number of carbonyl (C=O) groups excluding carboxylic acids is 1. The fourth-order valence-electron chi connectivity index (χ4n) is 3.71. The molecule has 1 amide bonds. The first-order valence-electron chi connectivity index (χ1n) is 10.1. The number of carbonyl (C=O) groups is 1. The molecule has 5 heteroatoms. The number of hydrogen-bond acceptors (Lipinski definition) is 4. The quantitative estimate of drug-likeness (QED) is 0.757. The summed E-state index contributed by atoms with van der Waals surface area (Å²) < 4.78 is 10.8. The van der Waals surface area contributed by atoms with E-state index in [0.717, 1.165) is 24.3 Å². The Labute approximate surface area is 167 Å². The highest BCUT2D eigenvalue weighted by atomic mass is 16.5. The molecule has 150 valence electrons. The van der Waals surface area contributed by atoms with E-state index in [1.54, 1.807) is 14.2 Å². The molecule has 0 unspecified atom stereocenters. The van der Waals surface area contributed by atoms with Crippen LogP contribution >= 0.6 is 0 Å². The summed E-state index contributed by atoms with van der Waals surface area (Å²) in [4.78, 5) is 14.8. The highest BCUT2D eigenvalue weighted by Crippen LogP contribution is 2.31. The van der Waals surface area contributed by atoms with Crippen molar-refractivity contribution in [3.05, 3.63) is 48.0 Å². The van der Waals surface area contributed by atoms with E-state index in [1.165, 1.54) is 31.4 Å². The maximum absolute atomic E-state index is 12.4. The number of benzene rings is 2. The van der Waals surface area contributed by atoms with E-state index in [2.05, 4.69) is 22.3 Å². The lowest BCUT2D eigenvalue weighted by Crippen LogP contribution is -2.23. The van der Waals surface area contributed by atoms with Crippen molar-refractivity contribution < 1.29 is 14.3 Å². The van der Waals surface area contributed by atoms with Crippen LogP contribution in [0.2, 0.25) is 0 Å². The van der Waals surface area contributed by atoms with Crippen LogP contribution < -0.4 is 19.7 Å². The van der Waals surface area contributed by atoms with Gasteiger partial charge in [-0.15, -0.1) is 0 Å². The molecule has 1 heterocycles. The number of nitrogens with one attached hydrogen (secondary N) is 1. The van der Waals surface area contributed by atoms with Crippen molar-refractivity contribution in [2.24, 2.45) is 0 Å². The molecule has 1 fully saturated rings. The van der Waals surface area contributed by atoms with Gasteiger partial charge in [0.1, 0.15) is 0 Å². The Balaban J connectivity index is 1.55. The minimum Gasteiger partial charge on any atom is -0.493 e. The highest BCUT2D eigenvalue weighted by Gasteiger charge is 2.12. The van der Waals surface area contributed by atoms with Crippen molar-refractivity contribution in [2.75, 3.05) is 37.5 Å². The predicted molar refractivity (Wildman–Crippen MR) is 114 cm³/mol. The summed E-state index contributed by atoms with van der Waals surface area (Å²) in [5.74, 6) is 1.37. The molecule has 2 aromatic rings. The largest absolute Gasteiger partial charge is 0.493 e. The predicted octanol–water partition coefficient (Wildman–Crippen LogP) is 4.66. The molecule has 1 aliphatic heterocycles. The van der Waals surface area contributed by atoms with Gasteiger partial charge in [0.05, 0.1) is 14.2 Å². The highest BCUT2D eigenvalue weighted by molar-refractivity contribution is 5.91. The number of aryl methyl sites for hydroxylation is 1. The smallest absolute Gasteiger partial charge is 0.224 e. The Hall–Kier alpha value is -2.69. The van der Waals surface area contributed by atoms with Crippen LogP contribution in [0.3, 0.4) is 0 Å². The standard InChI is InChI=1S/C23H30N2O3/c1-27-21-9-7-8-18(23(21)28-2)10-15-22(26)24-19-11-13-20(14-12-19)25-16-5-3-4-6-17-25/h7-9,11-14H,3-6,10,15-17H2,1-2H3,(H,24,26).